The molecule has 3 aliphatic heterocycles. The Bertz CT molecular complexity index is 683. The first-order valence-corrected chi connectivity index (χ1v) is 9.84. The summed E-state index contributed by atoms with van der Waals surface area (Å²) >= 11 is 0. The summed E-state index contributed by atoms with van der Waals surface area (Å²) in [6, 6.07) is 10.4. The van der Waals surface area contributed by atoms with E-state index in [0.29, 0.717) is 32.2 Å². The van der Waals surface area contributed by atoms with Crippen molar-refractivity contribution in [2.24, 2.45) is 11.3 Å². The average Bonchev–Trinajstić information content (AvgIpc) is 3.22. The van der Waals surface area contributed by atoms with E-state index >= 15 is 0 Å². The summed E-state index contributed by atoms with van der Waals surface area (Å²) in [6.07, 6.45) is 0.577. The van der Waals surface area contributed by atoms with Crippen molar-refractivity contribution in [1.82, 2.24) is 20.4 Å². The second-order valence-electron chi connectivity index (χ2n) is 7.85. The predicted molar refractivity (Wildman–Crippen MR) is 101 cm³/mol. The Kier molecular flexibility index (Phi) is 5.31. The molecule has 7 heteroatoms. The predicted octanol–water partition coefficient (Wildman–Crippen LogP) is 0.667. The van der Waals surface area contributed by atoms with Crippen LogP contribution in [-0.2, 0) is 16.1 Å². The van der Waals surface area contributed by atoms with Crippen LogP contribution in [0.25, 0.3) is 0 Å². The lowest BCUT2D eigenvalue weighted by molar-refractivity contribution is -0.130. The van der Waals surface area contributed by atoms with Crippen LogP contribution in [0.1, 0.15) is 12.0 Å². The van der Waals surface area contributed by atoms with Gasteiger partial charge in [-0.2, -0.15) is 0 Å². The minimum atomic E-state index is -0.364. The number of carbonyl (C=O) groups is 2. The van der Waals surface area contributed by atoms with E-state index in [4.69, 9.17) is 4.74 Å². The Hall–Kier alpha value is -2.12. The number of cyclic esters (lactones) is 1. The lowest BCUT2D eigenvalue weighted by Crippen LogP contribution is -2.50. The maximum atomic E-state index is 13.1. The maximum Gasteiger partial charge on any atom is 0.409 e. The summed E-state index contributed by atoms with van der Waals surface area (Å²) < 4.78 is 5.04. The van der Waals surface area contributed by atoms with Gasteiger partial charge >= 0.3 is 6.09 Å². The largest absolute Gasteiger partial charge is 0.449 e. The number of hydrogen-bond donors (Lipinski definition) is 2. The number of likely N-dealkylation sites (tertiary alicyclic amines) is 1. The van der Waals surface area contributed by atoms with Gasteiger partial charge in [-0.25, -0.2) is 4.79 Å². The van der Waals surface area contributed by atoms with E-state index in [-0.39, 0.29) is 17.4 Å². The van der Waals surface area contributed by atoms with Gasteiger partial charge in [-0.3, -0.25) is 9.69 Å². The number of nitrogens with one attached hydrogen (secondary N) is 2. The molecule has 0 aliphatic carbocycles. The highest BCUT2D eigenvalue weighted by Gasteiger charge is 2.54. The minimum absolute atomic E-state index is 0.110. The van der Waals surface area contributed by atoms with Crippen molar-refractivity contribution in [2.45, 2.75) is 13.0 Å². The van der Waals surface area contributed by atoms with Crippen LogP contribution in [0.4, 0.5) is 4.79 Å². The van der Waals surface area contributed by atoms with Crippen LogP contribution in [0.15, 0.2) is 30.3 Å². The molecule has 2 atom stereocenters. The van der Waals surface area contributed by atoms with Crippen molar-refractivity contribution in [3.05, 3.63) is 35.9 Å². The molecule has 2 N–H and O–H groups in total. The Balaban J connectivity index is 1.33. The molecule has 2 amide bonds. The van der Waals surface area contributed by atoms with Crippen LogP contribution >= 0.6 is 0 Å². The average molecular weight is 372 g/mol. The number of rotatable bonds is 6. The number of ether oxygens (including phenoxy) is 1. The Morgan fingerprint density at radius 2 is 2.19 bits per heavy atom. The van der Waals surface area contributed by atoms with Gasteiger partial charge in [0.15, 0.2) is 0 Å². The van der Waals surface area contributed by atoms with Crippen LogP contribution in [-0.4, -0.2) is 74.2 Å². The van der Waals surface area contributed by atoms with Crippen molar-refractivity contribution in [1.29, 1.82) is 0 Å². The van der Waals surface area contributed by atoms with Gasteiger partial charge in [-0.15, -0.1) is 0 Å². The second kappa shape index (κ2) is 7.86. The first-order valence-electron chi connectivity index (χ1n) is 9.84. The molecule has 1 aromatic carbocycles. The molecule has 0 spiro atoms. The fourth-order valence-electron chi connectivity index (χ4n) is 4.59. The minimum Gasteiger partial charge on any atom is -0.449 e. The molecule has 3 saturated heterocycles. The van der Waals surface area contributed by atoms with Gasteiger partial charge < -0.3 is 20.3 Å². The number of benzene rings is 1. The van der Waals surface area contributed by atoms with Crippen molar-refractivity contribution < 1.29 is 14.3 Å². The standard InChI is InChI=1S/C20H28N4O3/c25-18(22-7-9-24-8-4-10-27-19(24)26)20-14-21-11-17(20)13-23(15-20)12-16-5-2-1-3-6-16/h1-3,5-6,17,21H,4,7-15H2,(H,22,25)/t17?,20-/m1/s1. The first-order chi connectivity index (χ1) is 13.2. The number of hydrogen-bond acceptors (Lipinski definition) is 5. The van der Waals surface area contributed by atoms with E-state index in [1.807, 2.05) is 6.07 Å². The smallest absolute Gasteiger partial charge is 0.409 e. The van der Waals surface area contributed by atoms with Crippen LogP contribution in [0.3, 0.4) is 0 Å². The van der Waals surface area contributed by atoms with E-state index in [1.54, 1.807) is 4.90 Å². The number of fused-ring (bicyclic) bond motifs is 1. The zero-order valence-electron chi connectivity index (χ0n) is 15.7. The van der Waals surface area contributed by atoms with Crippen LogP contribution < -0.4 is 10.6 Å². The summed E-state index contributed by atoms with van der Waals surface area (Å²) in [5, 5.41) is 6.49. The maximum absolute atomic E-state index is 13.1. The molecule has 1 aromatic rings. The van der Waals surface area contributed by atoms with E-state index in [0.717, 1.165) is 39.1 Å². The molecule has 0 saturated carbocycles. The van der Waals surface area contributed by atoms with Crippen LogP contribution in [0.5, 0.6) is 0 Å². The van der Waals surface area contributed by atoms with Gasteiger partial charge in [-0.1, -0.05) is 30.3 Å². The van der Waals surface area contributed by atoms with Crippen molar-refractivity contribution in [3.8, 4) is 0 Å². The third-order valence-corrected chi connectivity index (χ3v) is 6.02. The molecular formula is C20H28N4O3. The summed E-state index contributed by atoms with van der Waals surface area (Å²) in [4.78, 5) is 28.8. The van der Waals surface area contributed by atoms with Gasteiger partial charge in [-0.05, 0) is 12.0 Å². The highest BCUT2D eigenvalue weighted by molar-refractivity contribution is 5.84. The summed E-state index contributed by atoms with van der Waals surface area (Å²) in [5.41, 5.74) is 0.918. The lowest BCUT2D eigenvalue weighted by atomic mass is 9.80. The van der Waals surface area contributed by atoms with Gasteiger partial charge in [0, 0.05) is 58.3 Å². The first kappa shape index (κ1) is 18.3. The van der Waals surface area contributed by atoms with E-state index in [1.165, 1.54) is 5.56 Å². The van der Waals surface area contributed by atoms with E-state index < -0.39 is 0 Å². The Labute approximate surface area is 160 Å². The quantitative estimate of drug-likeness (QED) is 0.768. The Morgan fingerprint density at radius 1 is 1.33 bits per heavy atom. The molecule has 7 nitrogen and oxygen atoms in total. The fourth-order valence-corrected chi connectivity index (χ4v) is 4.59. The van der Waals surface area contributed by atoms with Crippen LogP contribution in [0, 0.1) is 11.3 Å². The van der Waals surface area contributed by atoms with Gasteiger partial charge in [0.1, 0.15) is 0 Å². The highest BCUT2D eigenvalue weighted by Crippen LogP contribution is 2.39. The summed E-state index contributed by atoms with van der Waals surface area (Å²) in [5.74, 6) is 0.444. The molecule has 3 aliphatic rings. The van der Waals surface area contributed by atoms with Crippen LogP contribution in [0.2, 0.25) is 0 Å². The number of carbonyl (C=O) groups excluding carboxylic acids is 2. The van der Waals surface area contributed by atoms with Gasteiger partial charge in [0.25, 0.3) is 0 Å². The molecule has 1 unspecified atom stereocenters. The fraction of sp³-hybridized carbons (Fsp3) is 0.600. The second-order valence-corrected chi connectivity index (χ2v) is 7.85. The number of amides is 2. The summed E-state index contributed by atoms with van der Waals surface area (Å²) in [7, 11) is 0. The molecule has 27 heavy (non-hydrogen) atoms. The van der Waals surface area contributed by atoms with Crippen molar-refractivity contribution in [3.63, 3.8) is 0 Å². The van der Waals surface area contributed by atoms with E-state index in [2.05, 4.69) is 39.8 Å². The third-order valence-electron chi connectivity index (χ3n) is 6.02. The van der Waals surface area contributed by atoms with Gasteiger partial charge in [0.2, 0.25) is 5.91 Å². The van der Waals surface area contributed by atoms with E-state index in [9.17, 15) is 9.59 Å². The normalized spacial score (nSPS) is 28.1. The molecular weight excluding hydrogens is 344 g/mol. The zero-order chi connectivity index (χ0) is 18.7. The summed E-state index contributed by atoms with van der Waals surface area (Å²) in [6.45, 7) is 6.38. The Morgan fingerprint density at radius 3 is 3.00 bits per heavy atom. The monoisotopic (exact) mass is 372 g/mol. The SMILES string of the molecule is O=C1OCCCN1CCNC(=O)[C@@]12CNCC1CN(Cc1ccccc1)C2. The topological polar surface area (TPSA) is 73.9 Å². The van der Waals surface area contributed by atoms with Crippen molar-refractivity contribution >= 4 is 12.0 Å². The molecule has 146 valence electrons. The zero-order valence-corrected chi connectivity index (χ0v) is 15.7. The third kappa shape index (κ3) is 3.80. The molecule has 0 radical (unpaired) electrons. The number of nitrogens with zero attached hydrogens (tertiary/aromatic N) is 2. The molecule has 3 heterocycles. The highest BCUT2D eigenvalue weighted by atomic mass is 16.6. The van der Waals surface area contributed by atoms with Gasteiger partial charge in [0.05, 0.1) is 12.0 Å². The molecule has 0 bridgehead atoms. The molecule has 4 rings (SSSR count). The lowest BCUT2D eigenvalue weighted by Gasteiger charge is -2.29. The molecule has 0 aromatic heterocycles. The van der Waals surface area contributed by atoms with Crippen molar-refractivity contribution in [2.75, 3.05) is 52.4 Å². The molecule has 3 fully saturated rings.